The van der Waals surface area contributed by atoms with Crippen LogP contribution in [0.25, 0.3) is 0 Å². The van der Waals surface area contributed by atoms with E-state index in [-0.39, 0.29) is 0 Å². The first-order valence-corrected chi connectivity index (χ1v) is 6.13. The SMILES string of the molecule is CC(C)(C)CCN1CCC(n2ccnn2)C1. The zero-order chi connectivity index (χ0) is 11.6. The van der Waals surface area contributed by atoms with E-state index < -0.39 is 0 Å². The molecule has 16 heavy (non-hydrogen) atoms. The molecule has 1 atom stereocenters. The molecule has 2 heterocycles. The Hall–Kier alpha value is -0.900. The van der Waals surface area contributed by atoms with Gasteiger partial charge in [0.2, 0.25) is 0 Å². The van der Waals surface area contributed by atoms with Crippen LogP contribution in [0, 0.1) is 5.41 Å². The molecule has 4 nitrogen and oxygen atoms in total. The Bertz CT molecular complexity index is 312. The van der Waals surface area contributed by atoms with Crippen LogP contribution < -0.4 is 0 Å². The molecule has 0 N–H and O–H groups in total. The summed E-state index contributed by atoms with van der Waals surface area (Å²) in [6.07, 6.45) is 6.19. The molecule has 1 aromatic rings. The first kappa shape index (κ1) is 11.6. The van der Waals surface area contributed by atoms with Crippen molar-refractivity contribution < 1.29 is 0 Å². The lowest BCUT2D eigenvalue weighted by Crippen LogP contribution is -2.26. The Morgan fingerprint density at radius 2 is 2.19 bits per heavy atom. The van der Waals surface area contributed by atoms with E-state index in [1.165, 1.54) is 25.9 Å². The maximum absolute atomic E-state index is 4.08. The van der Waals surface area contributed by atoms with Crippen LogP contribution in [-0.4, -0.2) is 39.5 Å². The van der Waals surface area contributed by atoms with Crippen LogP contribution in [-0.2, 0) is 0 Å². The maximum atomic E-state index is 4.08. The Kier molecular flexibility index (Phi) is 3.28. The van der Waals surface area contributed by atoms with Crippen molar-refractivity contribution in [3.8, 4) is 0 Å². The number of nitrogens with zero attached hydrogens (tertiary/aromatic N) is 4. The van der Waals surface area contributed by atoms with Crippen molar-refractivity contribution in [2.75, 3.05) is 19.6 Å². The summed E-state index contributed by atoms with van der Waals surface area (Å²) in [6, 6.07) is 0.530. The summed E-state index contributed by atoms with van der Waals surface area (Å²) in [7, 11) is 0. The van der Waals surface area contributed by atoms with Crippen molar-refractivity contribution in [3.63, 3.8) is 0 Å². The zero-order valence-corrected chi connectivity index (χ0v) is 10.6. The van der Waals surface area contributed by atoms with Gasteiger partial charge in [0.05, 0.1) is 12.2 Å². The third-order valence-electron chi connectivity index (χ3n) is 3.24. The van der Waals surface area contributed by atoms with Crippen LogP contribution >= 0.6 is 0 Å². The van der Waals surface area contributed by atoms with E-state index >= 15 is 0 Å². The second-order valence-electron chi connectivity index (χ2n) is 5.94. The first-order chi connectivity index (χ1) is 7.54. The molecule has 90 valence electrons. The van der Waals surface area contributed by atoms with Crippen LogP contribution in [0.1, 0.15) is 39.7 Å². The van der Waals surface area contributed by atoms with Crippen molar-refractivity contribution in [3.05, 3.63) is 12.4 Å². The molecule has 0 saturated carbocycles. The van der Waals surface area contributed by atoms with Gasteiger partial charge in [-0.3, -0.25) is 0 Å². The van der Waals surface area contributed by atoms with Crippen molar-refractivity contribution in [2.24, 2.45) is 5.41 Å². The zero-order valence-electron chi connectivity index (χ0n) is 10.6. The minimum Gasteiger partial charge on any atom is -0.301 e. The molecule has 0 spiro atoms. The Labute approximate surface area is 97.6 Å². The van der Waals surface area contributed by atoms with E-state index in [9.17, 15) is 0 Å². The van der Waals surface area contributed by atoms with Crippen LogP contribution in [0.2, 0.25) is 0 Å². The van der Waals surface area contributed by atoms with Gasteiger partial charge in [-0.1, -0.05) is 26.0 Å². The molecule has 0 amide bonds. The molecule has 0 aliphatic carbocycles. The number of rotatable bonds is 3. The van der Waals surface area contributed by atoms with Gasteiger partial charge in [0.15, 0.2) is 0 Å². The predicted molar refractivity (Wildman–Crippen MR) is 64.2 cm³/mol. The van der Waals surface area contributed by atoms with Crippen molar-refractivity contribution in [1.82, 2.24) is 19.9 Å². The highest BCUT2D eigenvalue weighted by Gasteiger charge is 2.25. The number of aromatic nitrogens is 3. The Morgan fingerprint density at radius 1 is 1.38 bits per heavy atom. The summed E-state index contributed by atoms with van der Waals surface area (Å²) in [5.74, 6) is 0. The van der Waals surface area contributed by atoms with E-state index in [2.05, 4.69) is 36.0 Å². The summed E-state index contributed by atoms with van der Waals surface area (Å²) in [5, 5.41) is 7.95. The lowest BCUT2D eigenvalue weighted by Gasteiger charge is -2.23. The highest BCUT2D eigenvalue weighted by atomic mass is 15.4. The summed E-state index contributed by atoms with van der Waals surface area (Å²) in [4.78, 5) is 2.54. The molecule has 1 saturated heterocycles. The highest BCUT2D eigenvalue weighted by molar-refractivity contribution is 4.82. The van der Waals surface area contributed by atoms with E-state index in [1.807, 2.05) is 10.9 Å². The van der Waals surface area contributed by atoms with Gasteiger partial charge in [-0.2, -0.15) is 0 Å². The van der Waals surface area contributed by atoms with Crippen LogP contribution in [0.15, 0.2) is 12.4 Å². The Morgan fingerprint density at radius 3 is 2.81 bits per heavy atom. The monoisotopic (exact) mass is 222 g/mol. The average molecular weight is 222 g/mol. The molecule has 1 aliphatic heterocycles. The third kappa shape index (κ3) is 3.04. The predicted octanol–water partition coefficient (Wildman–Crippen LogP) is 1.96. The van der Waals surface area contributed by atoms with E-state index in [0.29, 0.717) is 11.5 Å². The van der Waals surface area contributed by atoms with E-state index in [0.717, 1.165) is 6.54 Å². The number of likely N-dealkylation sites (tertiary alicyclic amines) is 1. The van der Waals surface area contributed by atoms with Gasteiger partial charge in [-0.25, -0.2) is 4.68 Å². The van der Waals surface area contributed by atoms with Gasteiger partial charge in [0.25, 0.3) is 0 Å². The van der Waals surface area contributed by atoms with Gasteiger partial charge in [0.1, 0.15) is 0 Å². The third-order valence-corrected chi connectivity index (χ3v) is 3.24. The fourth-order valence-electron chi connectivity index (χ4n) is 2.14. The van der Waals surface area contributed by atoms with E-state index in [4.69, 9.17) is 0 Å². The lowest BCUT2D eigenvalue weighted by atomic mass is 9.92. The molecule has 1 fully saturated rings. The summed E-state index contributed by atoms with van der Waals surface area (Å²) in [6.45, 7) is 10.4. The topological polar surface area (TPSA) is 34.0 Å². The summed E-state index contributed by atoms with van der Waals surface area (Å²) in [5.41, 5.74) is 0.436. The molecule has 0 aromatic carbocycles. The van der Waals surface area contributed by atoms with Gasteiger partial charge in [-0.15, -0.1) is 5.10 Å². The maximum Gasteiger partial charge on any atom is 0.0693 e. The van der Waals surface area contributed by atoms with Crippen molar-refractivity contribution >= 4 is 0 Å². The normalized spacial score (nSPS) is 22.8. The molecule has 1 aliphatic rings. The van der Waals surface area contributed by atoms with Crippen LogP contribution in [0.5, 0.6) is 0 Å². The standard InChI is InChI=1S/C12H22N4/c1-12(2,3)5-8-15-7-4-11(10-15)16-9-6-13-14-16/h6,9,11H,4-5,7-8,10H2,1-3H3. The quantitative estimate of drug-likeness (QED) is 0.784. The van der Waals surface area contributed by atoms with Crippen LogP contribution in [0.3, 0.4) is 0 Å². The van der Waals surface area contributed by atoms with Gasteiger partial charge < -0.3 is 4.90 Å². The fourth-order valence-corrected chi connectivity index (χ4v) is 2.14. The van der Waals surface area contributed by atoms with Crippen molar-refractivity contribution in [1.29, 1.82) is 0 Å². The molecule has 1 unspecified atom stereocenters. The molecule has 0 radical (unpaired) electrons. The van der Waals surface area contributed by atoms with Gasteiger partial charge in [0, 0.05) is 19.3 Å². The average Bonchev–Trinajstić information content (AvgIpc) is 2.84. The molecule has 0 bridgehead atoms. The highest BCUT2D eigenvalue weighted by Crippen LogP contribution is 2.24. The summed E-state index contributed by atoms with van der Waals surface area (Å²) >= 11 is 0. The molecule has 2 rings (SSSR count). The number of hydrogen-bond acceptors (Lipinski definition) is 3. The lowest BCUT2D eigenvalue weighted by molar-refractivity contribution is 0.256. The molecular weight excluding hydrogens is 200 g/mol. The smallest absolute Gasteiger partial charge is 0.0693 e. The van der Waals surface area contributed by atoms with Crippen LogP contribution in [0.4, 0.5) is 0 Å². The minimum absolute atomic E-state index is 0.436. The fraction of sp³-hybridized carbons (Fsp3) is 0.833. The van der Waals surface area contributed by atoms with Gasteiger partial charge >= 0.3 is 0 Å². The van der Waals surface area contributed by atoms with Crippen molar-refractivity contribution in [2.45, 2.75) is 39.7 Å². The number of hydrogen-bond donors (Lipinski definition) is 0. The largest absolute Gasteiger partial charge is 0.301 e. The van der Waals surface area contributed by atoms with E-state index in [1.54, 1.807) is 6.20 Å². The first-order valence-electron chi connectivity index (χ1n) is 6.13. The second-order valence-corrected chi connectivity index (χ2v) is 5.94. The second kappa shape index (κ2) is 4.53. The molecule has 1 aromatic heterocycles. The molecule has 4 heteroatoms. The van der Waals surface area contributed by atoms with Gasteiger partial charge in [-0.05, 0) is 24.8 Å². The minimum atomic E-state index is 0.436. The molecular formula is C12H22N4. The Balaban J connectivity index is 1.80. The summed E-state index contributed by atoms with van der Waals surface area (Å²) < 4.78 is 2.00.